The lowest BCUT2D eigenvalue weighted by atomic mass is 10.3. The monoisotopic (exact) mass is 427 g/mol. The third-order valence-corrected chi connectivity index (χ3v) is 5.01. The SMILES string of the molecule is COCC(C)n1c(C#N)cc2cnc(Nc3cn(CCO)nc3O[C@H]3CCOC3)nc21. The van der Waals surface area contributed by atoms with Crippen molar-refractivity contribution >= 4 is 22.7 Å². The molecule has 4 heterocycles. The van der Waals surface area contributed by atoms with Crippen molar-refractivity contribution in [2.45, 2.75) is 32.0 Å². The molecule has 164 valence electrons. The maximum Gasteiger partial charge on any atom is 0.257 e. The van der Waals surface area contributed by atoms with Gasteiger partial charge in [0.05, 0.1) is 45.2 Å². The molecule has 0 radical (unpaired) electrons. The van der Waals surface area contributed by atoms with Gasteiger partial charge in [-0.15, -0.1) is 5.10 Å². The van der Waals surface area contributed by atoms with Gasteiger partial charge in [0, 0.05) is 25.1 Å². The van der Waals surface area contributed by atoms with E-state index in [2.05, 4.69) is 26.5 Å². The number of ether oxygens (including phenoxy) is 3. The Morgan fingerprint density at radius 3 is 3.06 bits per heavy atom. The first-order chi connectivity index (χ1) is 15.1. The molecular weight excluding hydrogens is 402 g/mol. The van der Waals surface area contributed by atoms with Crippen LogP contribution in [-0.2, 0) is 16.0 Å². The smallest absolute Gasteiger partial charge is 0.257 e. The molecule has 1 aliphatic rings. The van der Waals surface area contributed by atoms with Gasteiger partial charge >= 0.3 is 0 Å². The van der Waals surface area contributed by atoms with Crippen LogP contribution >= 0.6 is 0 Å². The van der Waals surface area contributed by atoms with Gasteiger partial charge in [0.15, 0.2) is 0 Å². The van der Waals surface area contributed by atoms with E-state index >= 15 is 0 Å². The van der Waals surface area contributed by atoms with E-state index in [1.54, 1.807) is 30.3 Å². The van der Waals surface area contributed by atoms with Crippen LogP contribution in [0, 0.1) is 11.3 Å². The van der Waals surface area contributed by atoms with E-state index in [4.69, 9.17) is 14.2 Å². The van der Waals surface area contributed by atoms with Crippen LogP contribution in [0.1, 0.15) is 25.1 Å². The van der Waals surface area contributed by atoms with E-state index < -0.39 is 0 Å². The van der Waals surface area contributed by atoms with E-state index in [1.165, 1.54) is 0 Å². The zero-order valence-electron chi connectivity index (χ0n) is 17.5. The molecule has 3 aromatic rings. The van der Waals surface area contributed by atoms with E-state index in [1.807, 2.05) is 11.5 Å². The Morgan fingerprint density at radius 1 is 1.48 bits per heavy atom. The molecule has 1 unspecified atom stereocenters. The lowest BCUT2D eigenvalue weighted by Crippen LogP contribution is -2.17. The molecule has 11 heteroatoms. The van der Waals surface area contributed by atoms with Crippen LogP contribution in [0.15, 0.2) is 18.5 Å². The van der Waals surface area contributed by atoms with Gasteiger partial charge < -0.3 is 29.2 Å². The normalized spacial score (nSPS) is 17.0. The summed E-state index contributed by atoms with van der Waals surface area (Å²) >= 11 is 0. The highest BCUT2D eigenvalue weighted by molar-refractivity contribution is 5.79. The van der Waals surface area contributed by atoms with Crippen LogP contribution in [0.25, 0.3) is 11.0 Å². The summed E-state index contributed by atoms with van der Waals surface area (Å²) in [6.45, 7) is 3.87. The summed E-state index contributed by atoms with van der Waals surface area (Å²) in [6.07, 6.45) is 4.12. The van der Waals surface area contributed by atoms with Gasteiger partial charge in [-0.05, 0) is 13.0 Å². The second kappa shape index (κ2) is 9.30. The van der Waals surface area contributed by atoms with Crippen molar-refractivity contribution in [2.24, 2.45) is 0 Å². The van der Waals surface area contributed by atoms with Crippen molar-refractivity contribution in [3.8, 4) is 11.9 Å². The molecule has 2 N–H and O–H groups in total. The number of hydrogen-bond donors (Lipinski definition) is 2. The zero-order chi connectivity index (χ0) is 21.8. The molecule has 0 aliphatic carbocycles. The number of nitriles is 1. The number of fused-ring (bicyclic) bond motifs is 1. The second-order valence-corrected chi connectivity index (χ2v) is 7.35. The maximum absolute atomic E-state index is 9.53. The maximum atomic E-state index is 9.53. The lowest BCUT2D eigenvalue weighted by Gasteiger charge is -2.15. The molecule has 0 spiro atoms. The van der Waals surface area contributed by atoms with E-state index in [0.29, 0.717) is 55.2 Å². The molecule has 0 aromatic carbocycles. The number of aliphatic hydroxyl groups excluding tert-OH is 1. The number of aliphatic hydroxyl groups is 1. The molecule has 31 heavy (non-hydrogen) atoms. The first-order valence-electron chi connectivity index (χ1n) is 10.1. The van der Waals surface area contributed by atoms with Crippen LogP contribution in [-0.4, -0.2) is 69.1 Å². The Bertz CT molecular complexity index is 1080. The van der Waals surface area contributed by atoms with Crippen molar-refractivity contribution < 1.29 is 19.3 Å². The van der Waals surface area contributed by atoms with Crippen molar-refractivity contribution in [3.05, 3.63) is 24.2 Å². The fourth-order valence-electron chi connectivity index (χ4n) is 3.59. The molecule has 2 atom stereocenters. The Morgan fingerprint density at radius 2 is 2.35 bits per heavy atom. The summed E-state index contributed by atoms with van der Waals surface area (Å²) in [4.78, 5) is 9.02. The van der Waals surface area contributed by atoms with Crippen molar-refractivity contribution in [1.82, 2.24) is 24.3 Å². The van der Waals surface area contributed by atoms with Gasteiger partial charge in [0.25, 0.3) is 5.88 Å². The molecule has 3 aromatic heterocycles. The molecule has 1 saturated heterocycles. The summed E-state index contributed by atoms with van der Waals surface area (Å²) in [7, 11) is 1.62. The topological polar surface area (TPSA) is 132 Å². The average molecular weight is 427 g/mol. The van der Waals surface area contributed by atoms with Gasteiger partial charge in [-0.25, -0.2) is 4.98 Å². The molecule has 1 fully saturated rings. The number of nitrogens with zero attached hydrogens (tertiary/aromatic N) is 6. The lowest BCUT2D eigenvalue weighted by molar-refractivity contribution is 0.137. The summed E-state index contributed by atoms with van der Waals surface area (Å²) in [5.74, 6) is 0.741. The largest absolute Gasteiger partial charge is 0.469 e. The third kappa shape index (κ3) is 4.46. The highest BCUT2D eigenvalue weighted by Gasteiger charge is 2.22. The third-order valence-electron chi connectivity index (χ3n) is 5.01. The van der Waals surface area contributed by atoms with Crippen molar-refractivity contribution in [2.75, 3.05) is 38.9 Å². The van der Waals surface area contributed by atoms with E-state index in [0.717, 1.165) is 11.8 Å². The van der Waals surface area contributed by atoms with Gasteiger partial charge in [-0.3, -0.25) is 4.68 Å². The predicted octanol–water partition coefficient (Wildman–Crippen LogP) is 1.61. The number of hydrogen-bond acceptors (Lipinski definition) is 9. The summed E-state index contributed by atoms with van der Waals surface area (Å²) in [6, 6.07) is 3.90. The highest BCUT2D eigenvalue weighted by atomic mass is 16.6. The fourth-order valence-corrected chi connectivity index (χ4v) is 3.59. The Balaban J connectivity index is 1.66. The summed E-state index contributed by atoms with van der Waals surface area (Å²) in [5, 5.41) is 27.1. The summed E-state index contributed by atoms with van der Waals surface area (Å²) in [5.41, 5.74) is 1.71. The quantitative estimate of drug-likeness (QED) is 0.522. The Labute approximate surface area is 179 Å². The molecule has 0 amide bonds. The number of methoxy groups -OCH3 is 1. The number of anilines is 2. The molecule has 4 rings (SSSR count). The minimum Gasteiger partial charge on any atom is -0.469 e. The van der Waals surface area contributed by atoms with Gasteiger partial charge in [0.2, 0.25) is 5.95 Å². The van der Waals surface area contributed by atoms with E-state index in [-0.39, 0.29) is 18.8 Å². The summed E-state index contributed by atoms with van der Waals surface area (Å²) < 4.78 is 20.1. The first kappa shape index (κ1) is 21.0. The minimum atomic E-state index is -0.0771. The van der Waals surface area contributed by atoms with Crippen LogP contribution in [0.3, 0.4) is 0 Å². The number of nitrogens with one attached hydrogen (secondary N) is 1. The molecule has 11 nitrogen and oxygen atoms in total. The van der Waals surface area contributed by atoms with Crippen molar-refractivity contribution in [1.29, 1.82) is 5.26 Å². The second-order valence-electron chi connectivity index (χ2n) is 7.35. The molecular formula is C20H25N7O4. The predicted molar refractivity (Wildman–Crippen MR) is 111 cm³/mol. The van der Waals surface area contributed by atoms with E-state index in [9.17, 15) is 10.4 Å². The fraction of sp³-hybridized carbons (Fsp3) is 0.500. The van der Waals surface area contributed by atoms with Crippen molar-refractivity contribution in [3.63, 3.8) is 0 Å². The van der Waals surface area contributed by atoms with Gasteiger partial charge in [0.1, 0.15) is 29.2 Å². The zero-order valence-corrected chi connectivity index (χ0v) is 17.5. The van der Waals surface area contributed by atoms with Gasteiger partial charge in [-0.1, -0.05) is 0 Å². The molecule has 1 aliphatic heterocycles. The Hall–Kier alpha value is -3.20. The first-order valence-corrected chi connectivity index (χ1v) is 10.1. The highest BCUT2D eigenvalue weighted by Crippen LogP contribution is 2.29. The van der Waals surface area contributed by atoms with Gasteiger partial charge in [-0.2, -0.15) is 10.2 Å². The molecule has 0 saturated carbocycles. The number of aromatic nitrogens is 5. The van der Waals surface area contributed by atoms with Crippen LogP contribution in [0.5, 0.6) is 5.88 Å². The molecule has 0 bridgehead atoms. The van der Waals surface area contributed by atoms with Crippen LogP contribution < -0.4 is 10.1 Å². The van der Waals surface area contributed by atoms with Crippen LogP contribution in [0.2, 0.25) is 0 Å². The average Bonchev–Trinajstić information content (AvgIpc) is 3.48. The number of rotatable bonds is 9. The standard InChI is InChI=1S/C20H25N7O4/c1-13(11-29-2)27-15(8-21)7-14-9-22-20(24-18(14)27)23-17-10-26(4-5-28)25-19(17)31-16-3-6-30-12-16/h7,9-10,13,16,28H,3-6,11-12H2,1-2H3,(H,22,23,24)/t13?,16-/m0/s1. The van der Waals surface area contributed by atoms with Crippen LogP contribution in [0.4, 0.5) is 11.6 Å². The minimum absolute atomic E-state index is 0.0442. The Kier molecular flexibility index (Phi) is 6.31.